The van der Waals surface area contributed by atoms with Gasteiger partial charge in [0.15, 0.2) is 0 Å². The van der Waals surface area contributed by atoms with Crippen molar-refractivity contribution in [3.8, 4) is 0 Å². The fourth-order valence-electron chi connectivity index (χ4n) is 2.02. The Morgan fingerprint density at radius 1 is 1.38 bits per heavy atom. The Balaban J connectivity index is 1.44. The molecule has 2 fully saturated rings. The second-order valence-electron chi connectivity index (χ2n) is 4.19. The minimum Gasteiger partial charge on any atom is -0.352 e. The van der Waals surface area contributed by atoms with Crippen LogP contribution in [-0.4, -0.2) is 30.0 Å². The van der Waals surface area contributed by atoms with Crippen LogP contribution < -0.4 is 10.6 Å². The molecule has 2 aliphatic rings. The maximum absolute atomic E-state index is 5.65. The first-order valence-electron chi connectivity index (χ1n) is 5.68. The van der Waals surface area contributed by atoms with Crippen LogP contribution in [0.1, 0.15) is 5.56 Å². The number of hydrogen-bond acceptors (Lipinski definition) is 4. The zero-order valence-electron chi connectivity index (χ0n) is 9.06. The third-order valence-corrected chi connectivity index (χ3v) is 4.22. The van der Waals surface area contributed by atoms with Gasteiger partial charge < -0.3 is 10.1 Å². The van der Waals surface area contributed by atoms with Crippen molar-refractivity contribution in [3.63, 3.8) is 0 Å². The number of benzene rings is 1. The summed E-state index contributed by atoms with van der Waals surface area (Å²) in [5.74, 6) is 1.07. The second kappa shape index (κ2) is 4.75. The molecular formula is C12H16N2OS. The fourth-order valence-corrected chi connectivity index (χ4v) is 3.10. The number of thioether (sulfide) groups is 1. The van der Waals surface area contributed by atoms with Crippen LogP contribution in [0.3, 0.4) is 0 Å². The molecule has 0 bridgehead atoms. The summed E-state index contributed by atoms with van der Waals surface area (Å²) >= 11 is 1.96. The molecule has 0 unspecified atom stereocenters. The molecule has 0 saturated carbocycles. The topological polar surface area (TPSA) is 36.6 Å². The van der Waals surface area contributed by atoms with Gasteiger partial charge in [-0.1, -0.05) is 30.3 Å². The van der Waals surface area contributed by atoms with E-state index in [4.69, 9.17) is 4.74 Å². The largest absolute Gasteiger partial charge is 0.352 e. The molecule has 1 aromatic rings. The lowest BCUT2D eigenvalue weighted by Gasteiger charge is -2.03. The van der Waals surface area contributed by atoms with Gasteiger partial charge in [-0.2, -0.15) is 0 Å². The number of ether oxygens (including phenoxy) is 1. The molecule has 2 heterocycles. The highest BCUT2D eigenvalue weighted by Crippen LogP contribution is 2.32. The number of hydrogen-bond donors (Lipinski definition) is 2. The smallest absolute Gasteiger partial charge is 0.136 e. The molecule has 0 spiro atoms. The Labute approximate surface area is 99.9 Å². The van der Waals surface area contributed by atoms with Crippen molar-refractivity contribution in [1.29, 1.82) is 0 Å². The third-order valence-electron chi connectivity index (χ3n) is 2.99. The monoisotopic (exact) mass is 236 g/mol. The zero-order chi connectivity index (χ0) is 10.8. The van der Waals surface area contributed by atoms with E-state index in [1.54, 1.807) is 0 Å². The molecule has 0 radical (unpaired) electrons. The average Bonchev–Trinajstić information content (AvgIpc) is 2.90. The van der Waals surface area contributed by atoms with Crippen molar-refractivity contribution >= 4 is 11.8 Å². The molecule has 1 aromatic carbocycles. The lowest BCUT2D eigenvalue weighted by molar-refractivity contribution is 0.341. The van der Waals surface area contributed by atoms with Gasteiger partial charge in [-0.25, -0.2) is 0 Å². The van der Waals surface area contributed by atoms with Crippen molar-refractivity contribution in [1.82, 2.24) is 10.6 Å². The maximum atomic E-state index is 5.65. The van der Waals surface area contributed by atoms with Crippen LogP contribution in [0.15, 0.2) is 30.3 Å². The van der Waals surface area contributed by atoms with Crippen molar-refractivity contribution in [2.75, 3.05) is 12.4 Å². The predicted molar refractivity (Wildman–Crippen MR) is 66.2 cm³/mol. The van der Waals surface area contributed by atoms with Gasteiger partial charge in [0.2, 0.25) is 0 Å². The van der Waals surface area contributed by atoms with Gasteiger partial charge in [-0.15, -0.1) is 11.8 Å². The molecule has 3 rings (SSSR count). The highest BCUT2D eigenvalue weighted by atomic mass is 32.2. The summed E-state index contributed by atoms with van der Waals surface area (Å²) in [6.07, 6.45) is 0.668. The van der Waals surface area contributed by atoms with Gasteiger partial charge in [0.25, 0.3) is 0 Å². The molecule has 0 amide bonds. The van der Waals surface area contributed by atoms with Crippen LogP contribution in [0.25, 0.3) is 0 Å². The molecule has 4 heteroatoms. The molecule has 2 N–H and O–H groups in total. The zero-order valence-corrected chi connectivity index (χ0v) is 9.87. The molecule has 3 nitrogen and oxygen atoms in total. The first kappa shape index (κ1) is 10.6. The second-order valence-corrected chi connectivity index (χ2v) is 5.42. The molecule has 16 heavy (non-hydrogen) atoms. The van der Waals surface area contributed by atoms with Crippen LogP contribution in [0.5, 0.6) is 0 Å². The summed E-state index contributed by atoms with van der Waals surface area (Å²) in [4.78, 5) is 0. The molecule has 0 aliphatic carbocycles. The molecule has 86 valence electrons. The minimum absolute atomic E-state index is 0.262. The summed E-state index contributed by atoms with van der Waals surface area (Å²) in [5, 5.41) is 7.41. The number of rotatable bonds is 4. The van der Waals surface area contributed by atoms with Crippen LogP contribution in [-0.2, 0) is 11.3 Å². The highest BCUT2D eigenvalue weighted by Gasteiger charge is 2.45. The Morgan fingerprint density at radius 2 is 2.25 bits per heavy atom. The van der Waals surface area contributed by atoms with Gasteiger partial charge in [0.1, 0.15) is 12.3 Å². The van der Waals surface area contributed by atoms with Crippen molar-refractivity contribution in [2.45, 2.75) is 24.1 Å². The average molecular weight is 236 g/mol. The Kier molecular flexibility index (Phi) is 3.15. The van der Waals surface area contributed by atoms with E-state index in [0.717, 1.165) is 19.0 Å². The summed E-state index contributed by atoms with van der Waals surface area (Å²) < 4.78 is 5.65. The van der Waals surface area contributed by atoms with Crippen LogP contribution in [0.2, 0.25) is 0 Å². The van der Waals surface area contributed by atoms with Gasteiger partial charge in [0.05, 0.1) is 0 Å². The lowest BCUT2D eigenvalue weighted by atomic mass is 10.2. The van der Waals surface area contributed by atoms with E-state index in [0.29, 0.717) is 11.4 Å². The van der Waals surface area contributed by atoms with E-state index < -0.39 is 0 Å². The van der Waals surface area contributed by atoms with E-state index in [9.17, 15) is 0 Å². The van der Waals surface area contributed by atoms with Crippen molar-refractivity contribution < 1.29 is 4.74 Å². The highest BCUT2D eigenvalue weighted by molar-refractivity contribution is 8.00. The lowest BCUT2D eigenvalue weighted by Crippen LogP contribution is -2.25. The Bertz CT molecular complexity index is 340. The van der Waals surface area contributed by atoms with Crippen LogP contribution >= 0.6 is 11.8 Å². The van der Waals surface area contributed by atoms with E-state index >= 15 is 0 Å². The first-order valence-corrected chi connectivity index (χ1v) is 6.73. The van der Waals surface area contributed by atoms with Crippen LogP contribution in [0.4, 0.5) is 0 Å². The van der Waals surface area contributed by atoms with Gasteiger partial charge in [-0.3, -0.25) is 5.32 Å². The minimum atomic E-state index is 0.262. The molecule has 0 aromatic heterocycles. The van der Waals surface area contributed by atoms with Gasteiger partial charge in [-0.05, 0) is 5.56 Å². The van der Waals surface area contributed by atoms with Crippen LogP contribution in [0, 0.1) is 0 Å². The predicted octanol–water partition coefficient (Wildman–Crippen LogP) is 1.16. The maximum Gasteiger partial charge on any atom is 0.136 e. The Hall–Kier alpha value is -0.550. The third kappa shape index (κ3) is 2.40. The summed E-state index contributed by atoms with van der Waals surface area (Å²) in [6, 6.07) is 10.4. The SMILES string of the molecule is c1ccc(CN[C@H]2O[C@@H]2[C@@H]2CNCS2)cc1. The van der Waals surface area contributed by atoms with Crippen molar-refractivity contribution in [3.05, 3.63) is 35.9 Å². The summed E-state index contributed by atoms with van der Waals surface area (Å²) in [7, 11) is 0. The standard InChI is InChI=1S/C12H16N2OS/c1-2-4-9(5-3-1)6-14-12-11(15-12)10-7-13-8-16-10/h1-5,10-14H,6-8H2/t10-,11+,12-/m0/s1. The fraction of sp³-hybridized carbons (Fsp3) is 0.500. The first-order chi connectivity index (χ1) is 7.93. The number of nitrogens with one attached hydrogen (secondary N) is 2. The van der Waals surface area contributed by atoms with Crippen molar-refractivity contribution in [2.24, 2.45) is 0 Å². The Morgan fingerprint density at radius 3 is 3.00 bits per heavy atom. The van der Waals surface area contributed by atoms with E-state index in [2.05, 4.69) is 34.9 Å². The molecule has 3 atom stereocenters. The normalized spacial score (nSPS) is 32.9. The van der Waals surface area contributed by atoms with E-state index in [-0.39, 0.29) is 6.23 Å². The number of epoxide rings is 1. The summed E-state index contributed by atoms with van der Waals surface area (Å²) in [5.41, 5.74) is 1.31. The molecule has 2 aliphatic heterocycles. The van der Waals surface area contributed by atoms with E-state index in [1.165, 1.54) is 5.56 Å². The molecular weight excluding hydrogens is 220 g/mol. The van der Waals surface area contributed by atoms with Gasteiger partial charge >= 0.3 is 0 Å². The van der Waals surface area contributed by atoms with Gasteiger partial charge in [0, 0.05) is 24.2 Å². The quantitative estimate of drug-likeness (QED) is 0.769. The van der Waals surface area contributed by atoms with E-state index in [1.807, 2.05) is 17.8 Å². The summed E-state index contributed by atoms with van der Waals surface area (Å²) in [6.45, 7) is 1.98. The molecule has 2 saturated heterocycles.